The molecule has 0 saturated heterocycles. The zero-order valence-corrected chi connectivity index (χ0v) is 14.8. The largest absolute Gasteiger partial charge is 0.497 e. The first-order valence-electron chi connectivity index (χ1n) is 8.33. The fraction of sp³-hybridized carbons (Fsp3) is 0.143. The van der Waals surface area contributed by atoms with Crippen LogP contribution in [0.1, 0.15) is 16.1 Å². The van der Waals surface area contributed by atoms with Crippen molar-refractivity contribution in [2.75, 3.05) is 19.1 Å². The van der Waals surface area contributed by atoms with Crippen molar-refractivity contribution in [1.82, 2.24) is 10.3 Å². The third-order valence-electron chi connectivity index (χ3n) is 4.12. The highest BCUT2D eigenvalue weighted by molar-refractivity contribution is 5.93. The molecule has 1 heterocycles. The summed E-state index contributed by atoms with van der Waals surface area (Å²) < 4.78 is 5.13. The van der Waals surface area contributed by atoms with Gasteiger partial charge in [0, 0.05) is 31.2 Å². The molecule has 0 aliphatic heterocycles. The van der Waals surface area contributed by atoms with Gasteiger partial charge in [-0.2, -0.15) is 0 Å². The van der Waals surface area contributed by atoms with Crippen LogP contribution in [0.5, 0.6) is 5.75 Å². The van der Waals surface area contributed by atoms with Crippen molar-refractivity contribution in [2.24, 2.45) is 0 Å². The fourth-order valence-corrected chi connectivity index (χ4v) is 2.57. The third-order valence-corrected chi connectivity index (χ3v) is 4.12. The maximum atomic E-state index is 12.4. The quantitative estimate of drug-likeness (QED) is 0.737. The molecule has 0 spiro atoms. The minimum absolute atomic E-state index is 0.205. The molecule has 132 valence electrons. The summed E-state index contributed by atoms with van der Waals surface area (Å²) >= 11 is 0. The van der Waals surface area contributed by atoms with Crippen LogP contribution in [-0.2, 0) is 6.54 Å². The van der Waals surface area contributed by atoms with E-state index in [1.165, 1.54) is 0 Å². The smallest absolute Gasteiger partial charge is 0.270 e. The molecule has 0 atom stereocenters. The second-order valence-corrected chi connectivity index (χ2v) is 5.82. The zero-order valence-electron chi connectivity index (χ0n) is 14.8. The minimum Gasteiger partial charge on any atom is -0.497 e. The maximum Gasteiger partial charge on any atom is 0.270 e. The Balaban J connectivity index is 1.67. The zero-order chi connectivity index (χ0) is 18.4. The van der Waals surface area contributed by atoms with Gasteiger partial charge in [-0.3, -0.25) is 9.78 Å². The fourth-order valence-electron chi connectivity index (χ4n) is 2.57. The van der Waals surface area contributed by atoms with Gasteiger partial charge < -0.3 is 15.0 Å². The number of ether oxygens (including phenoxy) is 1. The highest BCUT2D eigenvalue weighted by atomic mass is 16.5. The van der Waals surface area contributed by atoms with Crippen molar-refractivity contribution in [3.63, 3.8) is 0 Å². The third kappa shape index (κ3) is 4.19. The number of carbonyl (C=O) groups excluding carboxylic acids is 1. The van der Waals surface area contributed by atoms with Gasteiger partial charge in [0.05, 0.1) is 7.11 Å². The van der Waals surface area contributed by atoms with E-state index in [2.05, 4.69) is 10.3 Å². The predicted octanol–water partition coefficient (Wildman–Crippen LogP) is 3.79. The van der Waals surface area contributed by atoms with Gasteiger partial charge in [-0.25, -0.2) is 0 Å². The lowest BCUT2D eigenvalue weighted by molar-refractivity contribution is 0.0946. The molecule has 0 unspecified atom stereocenters. The van der Waals surface area contributed by atoms with Crippen LogP contribution in [0, 0.1) is 0 Å². The van der Waals surface area contributed by atoms with E-state index in [4.69, 9.17) is 4.74 Å². The van der Waals surface area contributed by atoms with Crippen molar-refractivity contribution >= 4 is 17.3 Å². The van der Waals surface area contributed by atoms with Crippen LogP contribution in [0.3, 0.4) is 0 Å². The van der Waals surface area contributed by atoms with Gasteiger partial charge in [0.2, 0.25) is 0 Å². The van der Waals surface area contributed by atoms with Crippen LogP contribution in [0.4, 0.5) is 11.4 Å². The molecule has 5 nitrogen and oxygen atoms in total. The molecule has 2 aromatic carbocycles. The first kappa shape index (κ1) is 17.5. The molecule has 5 heteroatoms. The van der Waals surface area contributed by atoms with Gasteiger partial charge in [-0.15, -0.1) is 0 Å². The number of nitrogens with one attached hydrogen (secondary N) is 1. The lowest BCUT2D eigenvalue weighted by atomic mass is 10.2. The van der Waals surface area contributed by atoms with E-state index >= 15 is 0 Å². The molecule has 3 rings (SSSR count). The molecular weight excluding hydrogens is 326 g/mol. The molecule has 1 aromatic heterocycles. The number of rotatable bonds is 6. The van der Waals surface area contributed by atoms with Crippen LogP contribution >= 0.6 is 0 Å². The number of carbonyl (C=O) groups is 1. The SMILES string of the molecule is COc1ccc(CNC(=O)c2cc(N(C)c3ccccc3)ccn2)cc1. The number of pyridine rings is 1. The van der Waals surface area contributed by atoms with E-state index in [1.807, 2.05) is 72.6 Å². The Hall–Kier alpha value is -3.34. The van der Waals surface area contributed by atoms with Gasteiger partial charge in [0.25, 0.3) is 5.91 Å². The Bertz CT molecular complexity index is 864. The van der Waals surface area contributed by atoms with Crippen LogP contribution in [0.25, 0.3) is 0 Å². The first-order chi connectivity index (χ1) is 12.7. The average Bonchev–Trinajstić information content (AvgIpc) is 2.72. The van der Waals surface area contributed by atoms with Crippen LogP contribution in [-0.4, -0.2) is 25.0 Å². The van der Waals surface area contributed by atoms with Gasteiger partial charge >= 0.3 is 0 Å². The molecule has 1 amide bonds. The predicted molar refractivity (Wildman–Crippen MR) is 103 cm³/mol. The van der Waals surface area contributed by atoms with E-state index in [9.17, 15) is 4.79 Å². The highest BCUT2D eigenvalue weighted by Crippen LogP contribution is 2.23. The standard InChI is InChI=1S/C21H21N3O2/c1-24(17-6-4-3-5-7-17)18-12-13-22-20(14-18)21(25)23-15-16-8-10-19(26-2)11-9-16/h3-14H,15H2,1-2H3,(H,23,25). The molecule has 1 N–H and O–H groups in total. The number of aromatic nitrogens is 1. The van der Waals surface area contributed by atoms with Gasteiger partial charge in [-0.05, 0) is 42.0 Å². The van der Waals surface area contributed by atoms with Crippen molar-refractivity contribution in [3.05, 3.63) is 84.2 Å². The number of hydrogen-bond acceptors (Lipinski definition) is 4. The highest BCUT2D eigenvalue weighted by Gasteiger charge is 2.10. The Labute approximate surface area is 153 Å². The molecule has 0 aliphatic rings. The summed E-state index contributed by atoms with van der Waals surface area (Å²) in [6.45, 7) is 0.434. The second-order valence-electron chi connectivity index (χ2n) is 5.82. The summed E-state index contributed by atoms with van der Waals surface area (Å²) in [6, 6.07) is 21.2. The Morgan fingerprint density at radius 2 is 1.77 bits per heavy atom. The van der Waals surface area contributed by atoms with Crippen LogP contribution in [0.15, 0.2) is 72.9 Å². The summed E-state index contributed by atoms with van der Waals surface area (Å²) in [4.78, 5) is 18.6. The molecule has 0 radical (unpaired) electrons. The van der Waals surface area contributed by atoms with E-state index in [0.29, 0.717) is 12.2 Å². The summed E-state index contributed by atoms with van der Waals surface area (Å²) in [7, 11) is 3.59. The van der Waals surface area contributed by atoms with E-state index in [0.717, 1.165) is 22.7 Å². The summed E-state index contributed by atoms with van der Waals surface area (Å²) in [6.07, 6.45) is 1.65. The van der Waals surface area contributed by atoms with Crippen molar-refractivity contribution in [3.8, 4) is 5.75 Å². The van der Waals surface area contributed by atoms with Crippen molar-refractivity contribution < 1.29 is 9.53 Å². The molecule has 0 saturated carbocycles. The number of para-hydroxylation sites is 1. The van der Waals surface area contributed by atoms with Crippen LogP contribution in [0.2, 0.25) is 0 Å². The first-order valence-corrected chi connectivity index (χ1v) is 8.33. The summed E-state index contributed by atoms with van der Waals surface area (Å²) in [5.74, 6) is 0.586. The summed E-state index contributed by atoms with van der Waals surface area (Å²) in [5, 5.41) is 2.90. The number of amides is 1. The number of hydrogen-bond donors (Lipinski definition) is 1. The number of benzene rings is 2. The maximum absolute atomic E-state index is 12.4. The number of nitrogens with zero attached hydrogens (tertiary/aromatic N) is 2. The lowest BCUT2D eigenvalue weighted by Gasteiger charge is -2.19. The van der Waals surface area contributed by atoms with Gasteiger partial charge in [-0.1, -0.05) is 30.3 Å². The normalized spacial score (nSPS) is 10.2. The van der Waals surface area contributed by atoms with E-state index in [-0.39, 0.29) is 5.91 Å². The van der Waals surface area contributed by atoms with Gasteiger partial charge in [0.1, 0.15) is 11.4 Å². The molecule has 0 aliphatic carbocycles. The van der Waals surface area contributed by atoms with Gasteiger partial charge in [0.15, 0.2) is 0 Å². The minimum atomic E-state index is -0.205. The number of anilines is 2. The summed E-state index contributed by atoms with van der Waals surface area (Å²) in [5.41, 5.74) is 3.33. The monoisotopic (exact) mass is 347 g/mol. The molecule has 0 bridgehead atoms. The molecular formula is C21H21N3O2. The van der Waals surface area contributed by atoms with Crippen LogP contribution < -0.4 is 15.0 Å². The molecule has 3 aromatic rings. The van der Waals surface area contributed by atoms with E-state index < -0.39 is 0 Å². The lowest BCUT2D eigenvalue weighted by Crippen LogP contribution is -2.24. The van der Waals surface area contributed by atoms with Crippen molar-refractivity contribution in [1.29, 1.82) is 0 Å². The molecule has 26 heavy (non-hydrogen) atoms. The number of methoxy groups -OCH3 is 1. The molecule has 0 fully saturated rings. The Morgan fingerprint density at radius 3 is 2.46 bits per heavy atom. The van der Waals surface area contributed by atoms with E-state index in [1.54, 1.807) is 19.4 Å². The van der Waals surface area contributed by atoms with Crippen molar-refractivity contribution in [2.45, 2.75) is 6.54 Å². The topological polar surface area (TPSA) is 54.5 Å². The Kier molecular flexibility index (Phi) is 5.49. The average molecular weight is 347 g/mol. The second kappa shape index (κ2) is 8.16. The Morgan fingerprint density at radius 1 is 1.04 bits per heavy atom.